The van der Waals surface area contributed by atoms with Crippen molar-refractivity contribution in [3.05, 3.63) is 34.9 Å². The molecular formula is C13H16F2O2. The van der Waals surface area contributed by atoms with Gasteiger partial charge in [0.05, 0.1) is 5.56 Å². The lowest BCUT2D eigenvalue weighted by molar-refractivity contribution is 0.0269. The number of hydrogen-bond acceptors (Lipinski definition) is 2. The summed E-state index contributed by atoms with van der Waals surface area (Å²) >= 11 is 0. The van der Waals surface area contributed by atoms with Gasteiger partial charge in [0, 0.05) is 0 Å². The van der Waals surface area contributed by atoms with Gasteiger partial charge in [-0.2, -0.15) is 0 Å². The number of benzene rings is 1. The molecule has 0 radical (unpaired) electrons. The molecule has 0 spiro atoms. The standard InChI is InChI=1S/C13H16F2O2/c1-4-13(17,5-2)12(16)10-9(14)7-6-8(3)11(10)15/h6-7,17H,4-5H2,1-3H3. The minimum Gasteiger partial charge on any atom is -0.382 e. The lowest BCUT2D eigenvalue weighted by Crippen LogP contribution is -2.38. The van der Waals surface area contributed by atoms with Crippen molar-refractivity contribution in [2.45, 2.75) is 39.2 Å². The van der Waals surface area contributed by atoms with Crippen LogP contribution in [-0.4, -0.2) is 16.5 Å². The Morgan fingerprint density at radius 2 is 1.82 bits per heavy atom. The molecule has 0 aliphatic carbocycles. The van der Waals surface area contributed by atoms with E-state index < -0.39 is 28.6 Å². The second kappa shape index (κ2) is 4.92. The Labute approximate surface area is 99.3 Å². The van der Waals surface area contributed by atoms with Crippen molar-refractivity contribution in [1.82, 2.24) is 0 Å². The monoisotopic (exact) mass is 242 g/mol. The summed E-state index contributed by atoms with van der Waals surface area (Å²) in [6, 6.07) is 2.30. The summed E-state index contributed by atoms with van der Waals surface area (Å²) < 4.78 is 27.3. The van der Waals surface area contributed by atoms with E-state index in [1.165, 1.54) is 13.0 Å². The highest BCUT2D eigenvalue weighted by atomic mass is 19.1. The van der Waals surface area contributed by atoms with Gasteiger partial charge in [-0.1, -0.05) is 19.9 Å². The third kappa shape index (κ3) is 2.36. The first-order chi connectivity index (χ1) is 7.87. The minimum absolute atomic E-state index is 0.120. The predicted octanol–water partition coefficient (Wildman–Crippen LogP) is 3.01. The maximum absolute atomic E-state index is 13.7. The molecule has 17 heavy (non-hydrogen) atoms. The zero-order valence-electron chi connectivity index (χ0n) is 10.2. The van der Waals surface area contributed by atoms with Crippen LogP contribution in [0.3, 0.4) is 0 Å². The third-order valence-corrected chi connectivity index (χ3v) is 3.10. The van der Waals surface area contributed by atoms with Crippen LogP contribution in [0.2, 0.25) is 0 Å². The van der Waals surface area contributed by atoms with Crippen LogP contribution in [0, 0.1) is 18.6 Å². The zero-order valence-corrected chi connectivity index (χ0v) is 10.2. The van der Waals surface area contributed by atoms with Gasteiger partial charge in [-0.3, -0.25) is 4.79 Å². The summed E-state index contributed by atoms with van der Waals surface area (Å²) in [6.07, 6.45) is 0.240. The number of halogens is 2. The first-order valence-electron chi connectivity index (χ1n) is 5.59. The van der Waals surface area contributed by atoms with Crippen molar-refractivity contribution in [2.24, 2.45) is 0 Å². The van der Waals surface area contributed by atoms with E-state index >= 15 is 0 Å². The summed E-state index contributed by atoms with van der Waals surface area (Å²) in [5, 5.41) is 10.0. The molecule has 0 aromatic heterocycles. The summed E-state index contributed by atoms with van der Waals surface area (Å²) in [7, 11) is 0. The van der Waals surface area contributed by atoms with Crippen LogP contribution >= 0.6 is 0 Å². The quantitative estimate of drug-likeness (QED) is 0.824. The number of ketones is 1. The fourth-order valence-corrected chi connectivity index (χ4v) is 1.67. The summed E-state index contributed by atoms with van der Waals surface area (Å²) in [6.45, 7) is 4.66. The molecule has 1 rings (SSSR count). The van der Waals surface area contributed by atoms with Gasteiger partial charge in [-0.05, 0) is 31.4 Å². The van der Waals surface area contributed by atoms with Gasteiger partial charge in [0.15, 0.2) is 5.78 Å². The number of Topliss-reactive ketones (excluding diaryl/α,β-unsaturated/α-hetero) is 1. The summed E-state index contributed by atoms with van der Waals surface area (Å²) in [4.78, 5) is 12.0. The first kappa shape index (κ1) is 13.8. The Kier molecular flexibility index (Phi) is 3.98. The highest BCUT2D eigenvalue weighted by Gasteiger charge is 2.36. The normalized spacial score (nSPS) is 11.6. The molecule has 4 heteroatoms. The van der Waals surface area contributed by atoms with Crippen LogP contribution in [0.4, 0.5) is 8.78 Å². The molecule has 2 nitrogen and oxygen atoms in total. The number of aryl methyl sites for hydroxylation is 1. The van der Waals surface area contributed by atoms with Crippen LogP contribution in [0.5, 0.6) is 0 Å². The number of aliphatic hydroxyl groups is 1. The molecule has 0 unspecified atom stereocenters. The fraction of sp³-hybridized carbons (Fsp3) is 0.462. The van der Waals surface area contributed by atoms with E-state index in [0.29, 0.717) is 0 Å². The Morgan fingerprint density at radius 1 is 1.29 bits per heavy atom. The summed E-state index contributed by atoms with van der Waals surface area (Å²) in [5.74, 6) is -2.71. The van der Waals surface area contributed by atoms with E-state index in [-0.39, 0.29) is 18.4 Å². The van der Waals surface area contributed by atoms with Crippen molar-refractivity contribution in [2.75, 3.05) is 0 Å². The first-order valence-corrected chi connectivity index (χ1v) is 5.59. The van der Waals surface area contributed by atoms with Crippen molar-refractivity contribution in [3.8, 4) is 0 Å². The molecular weight excluding hydrogens is 226 g/mol. The van der Waals surface area contributed by atoms with E-state index in [2.05, 4.69) is 0 Å². The highest BCUT2D eigenvalue weighted by Crippen LogP contribution is 2.25. The molecule has 0 aliphatic heterocycles. The molecule has 1 aromatic rings. The van der Waals surface area contributed by atoms with Gasteiger partial charge in [0.1, 0.15) is 17.2 Å². The van der Waals surface area contributed by atoms with Crippen molar-refractivity contribution >= 4 is 5.78 Å². The van der Waals surface area contributed by atoms with Crippen molar-refractivity contribution in [3.63, 3.8) is 0 Å². The predicted molar refractivity (Wildman–Crippen MR) is 61.0 cm³/mol. The molecule has 1 aromatic carbocycles. The fourth-order valence-electron chi connectivity index (χ4n) is 1.67. The number of rotatable bonds is 4. The second-order valence-corrected chi connectivity index (χ2v) is 4.12. The van der Waals surface area contributed by atoms with E-state index in [4.69, 9.17) is 0 Å². The molecule has 0 heterocycles. The average molecular weight is 242 g/mol. The van der Waals surface area contributed by atoms with Crippen LogP contribution in [0.15, 0.2) is 12.1 Å². The SMILES string of the molecule is CCC(O)(CC)C(=O)c1c(F)ccc(C)c1F. The molecule has 94 valence electrons. The number of carbonyl (C=O) groups excluding carboxylic acids is 1. The largest absolute Gasteiger partial charge is 0.382 e. The minimum atomic E-state index is -1.70. The van der Waals surface area contributed by atoms with E-state index in [0.717, 1.165) is 6.07 Å². The van der Waals surface area contributed by atoms with Crippen LogP contribution in [0.1, 0.15) is 42.6 Å². The Hall–Kier alpha value is -1.29. The highest BCUT2D eigenvalue weighted by molar-refractivity contribution is 6.02. The lowest BCUT2D eigenvalue weighted by Gasteiger charge is -2.24. The molecule has 0 saturated heterocycles. The maximum atomic E-state index is 13.7. The van der Waals surface area contributed by atoms with E-state index in [1.54, 1.807) is 13.8 Å². The molecule has 0 amide bonds. The molecule has 0 saturated carbocycles. The second-order valence-electron chi connectivity index (χ2n) is 4.12. The van der Waals surface area contributed by atoms with Crippen molar-refractivity contribution in [1.29, 1.82) is 0 Å². The zero-order chi connectivity index (χ0) is 13.2. The maximum Gasteiger partial charge on any atom is 0.200 e. The third-order valence-electron chi connectivity index (χ3n) is 3.10. The number of carbonyl (C=O) groups is 1. The van der Waals surface area contributed by atoms with E-state index in [9.17, 15) is 18.7 Å². The van der Waals surface area contributed by atoms with Crippen molar-refractivity contribution < 1.29 is 18.7 Å². The summed E-state index contributed by atoms with van der Waals surface area (Å²) in [5.41, 5.74) is -2.16. The van der Waals surface area contributed by atoms with Gasteiger partial charge in [-0.25, -0.2) is 8.78 Å². The Balaban J connectivity index is 3.35. The van der Waals surface area contributed by atoms with Crippen LogP contribution < -0.4 is 0 Å². The lowest BCUT2D eigenvalue weighted by atomic mass is 9.87. The van der Waals surface area contributed by atoms with E-state index in [1.807, 2.05) is 0 Å². The molecule has 0 bridgehead atoms. The van der Waals surface area contributed by atoms with Gasteiger partial charge in [0.2, 0.25) is 0 Å². The Bertz CT molecular complexity index is 437. The Morgan fingerprint density at radius 3 is 2.29 bits per heavy atom. The molecule has 0 aliphatic rings. The topological polar surface area (TPSA) is 37.3 Å². The number of hydrogen-bond donors (Lipinski definition) is 1. The smallest absolute Gasteiger partial charge is 0.200 e. The van der Waals surface area contributed by atoms with Crippen LogP contribution in [0.25, 0.3) is 0 Å². The molecule has 0 fully saturated rings. The van der Waals surface area contributed by atoms with Gasteiger partial charge < -0.3 is 5.11 Å². The van der Waals surface area contributed by atoms with Gasteiger partial charge in [0.25, 0.3) is 0 Å². The van der Waals surface area contributed by atoms with Gasteiger partial charge in [-0.15, -0.1) is 0 Å². The van der Waals surface area contributed by atoms with Gasteiger partial charge >= 0.3 is 0 Å². The average Bonchev–Trinajstić information content (AvgIpc) is 2.33. The molecule has 0 atom stereocenters. The molecule has 1 N–H and O–H groups in total. The van der Waals surface area contributed by atoms with Crippen LogP contribution in [-0.2, 0) is 0 Å².